The summed E-state index contributed by atoms with van der Waals surface area (Å²) in [5, 5.41) is 17.4. The van der Waals surface area contributed by atoms with E-state index in [1.165, 1.54) is 29.7 Å². The number of hydrogen-bond donors (Lipinski definition) is 1. The van der Waals surface area contributed by atoms with E-state index in [0.29, 0.717) is 24.7 Å². The highest BCUT2D eigenvalue weighted by Gasteiger charge is 2.34. The molecule has 1 N–H and O–H groups in total. The molecule has 1 amide bonds. The molecule has 12 heteroatoms. The molecule has 28 heavy (non-hydrogen) atoms. The van der Waals surface area contributed by atoms with Crippen molar-refractivity contribution in [2.24, 2.45) is 5.92 Å². The number of nitro benzene ring substituents is 1. The summed E-state index contributed by atoms with van der Waals surface area (Å²) in [6.07, 6.45) is 4.31. The van der Waals surface area contributed by atoms with Gasteiger partial charge in [0.25, 0.3) is 0 Å². The molecule has 3 heterocycles. The molecule has 0 saturated carbocycles. The van der Waals surface area contributed by atoms with Gasteiger partial charge in [0, 0.05) is 30.9 Å². The first kappa shape index (κ1) is 17.5. The number of nitrogens with one attached hydrogen (secondary N) is 1. The Balaban J connectivity index is 1.39. The van der Waals surface area contributed by atoms with E-state index in [9.17, 15) is 19.3 Å². The van der Waals surface area contributed by atoms with Crippen molar-refractivity contribution in [3.05, 3.63) is 59.2 Å². The lowest BCUT2D eigenvalue weighted by molar-refractivity contribution is -0.387. The van der Waals surface area contributed by atoms with Crippen LogP contribution in [0.1, 0.15) is 0 Å². The average molecular weight is 384 g/mol. The quantitative estimate of drug-likeness (QED) is 0.512. The lowest BCUT2D eigenvalue weighted by atomic mass is 9.99. The molecule has 0 unspecified atom stereocenters. The number of anilines is 2. The zero-order valence-corrected chi connectivity index (χ0v) is 14.3. The lowest BCUT2D eigenvalue weighted by Gasteiger charge is -2.39. The van der Waals surface area contributed by atoms with Gasteiger partial charge in [0.05, 0.1) is 10.8 Å². The fraction of sp³-hybridized carbons (Fsp3) is 0.188. The molecule has 2 aromatic heterocycles. The molecular weight excluding hydrogens is 371 g/mol. The third kappa shape index (κ3) is 3.34. The Morgan fingerprint density at radius 2 is 2.00 bits per heavy atom. The monoisotopic (exact) mass is 384 g/mol. The molecule has 0 bridgehead atoms. The van der Waals surface area contributed by atoms with Gasteiger partial charge in [-0.05, 0) is 12.1 Å². The van der Waals surface area contributed by atoms with Crippen molar-refractivity contribution >= 4 is 23.1 Å². The predicted molar refractivity (Wildman–Crippen MR) is 94.3 cm³/mol. The Labute approximate surface area is 157 Å². The Hall–Kier alpha value is -3.96. The van der Waals surface area contributed by atoms with Crippen LogP contribution in [0, 0.1) is 21.8 Å². The fourth-order valence-electron chi connectivity index (χ4n) is 2.77. The number of halogens is 1. The number of amides is 1. The lowest BCUT2D eigenvalue weighted by Crippen LogP contribution is -2.52. The van der Waals surface area contributed by atoms with Crippen LogP contribution in [0.4, 0.5) is 21.6 Å². The standard InChI is InChI=1S/C16H13FN8O3/c17-12-2-1-11(3-13(12)25(27)28)22-16(26)10-5-23(6-10)14-4-15(20-8-19-14)24-9-18-7-21-24/h1-4,7-10H,5-6H2,(H,22,26). The topological polar surface area (TPSA) is 132 Å². The molecule has 3 aromatic rings. The maximum absolute atomic E-state index is 13.4. The van der Waals surface area contributed by atoms with Crippen LogP contribution >= 0.6 is 0 Å². The van der Waals surface area contributed by atoms with Gasteiger partial charge in [-0.1, -0.05) is 0 Å². The summed E-state index contributed by atoms with van der Waals surface area (Å²) >= 11 is 0. The van der Waals surface area contributed by atoms with E-state index in [4.69, 9.17) is 0 Å². The highest BCUT2D eigenvalue weighted by atomic mass is 19.1. The van der Waals surface area contributed by atoms with Crippen LogP contribution in [-0.4, -0.2) is 48.7 Å². The first-order chi connectivity index (χ1) is 13.5. The maximum Gasteiger partial charge on any atom is 0.306 e. The van der Waals surface area contributed by atoms with Gasteiger partial charge in [0.2, 0.25) is 11.7 Å². The van der Waals surface area contributed by atoms with Crippen molar-refractivity contribution in [1.29, 1.82) is 0 Å². The largest absolute Gasteiger partial charge is 0.355 e. The van der Waals surface area contributed by atoms with Gasteiger partial charge in [0.15, 0.2) is 5.82 Å². The number of carbonyl (C=O) groups excluding carboxylic acids is 1. The van der Waals surface area contributed by atoms with Crippen molar-refractivity contribution in [2.75, 3.05) is 23.3 Å². The highest BCUT2D eigenvalue weighted by Crippen LogP contribution is 2.26. The second kappa shape index (κ2) is 6.98. The number of hydrogen-bond acceptors (Lipinski definition) is 8. The average Bonchev–Trinajstić information content (AvgIpc) is 3.17. The number of nitrogens with zero attached hydrogens (tertiary/aromatic N) is 7. The van der Waals surface area contributed by atoms with E-state index in [2.05, 4.69) is 25.4 Å². The van der Waals surface area contributed by atoms with Crippen molar-refractivity contribution in [3.63, 3.8) is 0 Å². The molecule has 1 saturated heterocycles. The van der Waals surface area contributed by atoms with Gasteiger partial charge in [-0.15, -0.1) is 0 Å². The van der Waals surface area contributed by atoms with E-state index in [-0.39, 0.29) is 17.5 Å². The van der Waals surface area contributed by atoms with E-state index < -0.39 is 16.4 Å². The van der Waals surface area contributed by atoms with Crippen LogP contribution in [0.15, 0.2) is 43.2 Å². The number of benzene rings is 1. The predicted octanol–water partition coefficient (Wildman–Crippen LogP) is 1.18. The number of rotatable bonds is 5. The summed E-state index contributed by atoms with van der Waals surface area (Å²) in [6.45, 7) is 0.839. The first-order valence-electron chi connectivity index (χ1n) is 8.18. The van der Waals surface area contributed by atoms with Gasteiger partial charge in [0.1, 0.15) is 24.8 Å². The SMILES string of the molecule is O=C(Nc1ccc(F)c([N+](=O)[O-])c1)C1CN(c2cc(-n3cncn3)ncn2)C1. The Morgan fingerprint density at radius 3 is 2.71 bits per heavy atom. The van der Waals surface area contributed by atoms with Crippen molar-refractivity contribution in [2.45, 2.75) is 0 Å². The minimum absolute atomic E-state index is 0.173. The van der Waals surface area contributed by atoms with Crippen LogP contribution in [0.3, 0.4) is 0 Å². The highest BCUT2D eigenvalue weighted by molar-refractivity contribution is 5.94. The minimum atomic E-state index is -0.954. The Bertz CT molecular complexity index is 1040. The Kier molecular flexibility index (Phi) is 4.35. The molecule has 1 aliphatic heterocycles. The molecule has 1 fully saturated rings. The smallest absolute Gasteiger partial charge is 0.306 e. The van der Waals surface area contributed by atoms with Crippen molar-refractivity contribution in [3.8, 4) is 5.82 Å². The molecule has 0 aliphatic carbocycles. The fourth-order valence-corrected chi connectivity index (χ4v) is 2.77. The normalized spacial score (nSPS) is 13.8. The molecular formula is C16H13FN8O3. The molecule has 0 atom stereocenters. The minimum Gasteiger partial charge on any atom is -0.355 e. The third-order valence-electron chi connectivity index (χ3n) is 4.28. The maximum atomic E-state index is 13.4. The van der Waals surface area contributed by atoms with Crippen LogP contribution in [0.2, 0.25) is 0 Å². The van der Waals surface area contributed by atoms with E-state index in [1.807, 2.05) is 4.90 Å². The van der Waals surface area contributed by atoms with Crippen LogP contribution in [0.5, 0.6) is 0 Å². The number of carbonyl (C=O) groups is 1. The summed E-state index contributed by atoms with van der Waals surface area (Å²) in [4.78, 5) is 36.4. The van der Waals surface area contributed by atoms with Crippen LogP contribution in [-0.2, 0) is 4.79 Å². The van der Waals surface area contributed by atoms with Crippen LogP contribution < -0.4 is 10.2 Å². The molecule has 0 spiro atoms. The zero-order valence-electron chi connectivity index (χ0n) is 14.3. The number of aromatic nitrogens is 5. The summed E-state index contributed by atoms with van der Waals surface area (Å²) in [5.41, 5.74) is -0.512. The van der Waals surface area contributed by atoms with Crippen molar-refractivity contribution < 1.29 is 14.1 Å². The summed E-state index contributed by atoms with van der Waals surface area (Å²) in [6, 6.07) is 4.96. The Morgan fingerprint density at radius 1 is 1.21 bits per heavy atom. The summed E-state index contributed by atoms with van der Waals surface area (Å²) in [7, 11) is 0. The zero-order chi connectivity index (χ0) is 19.7. The van der Waals surface area contributed by atoms with Gasteiger partial charge in [-0.3, -0.25) is 14.9 Å². The van der Waals surface area contributed by atoms with Gasteiger partial charge in [-0.2, -0.15) is 9.49 Å². The van der Waals surface area contributed by atoms with Gasteiger partial charge >= 0.3 is 5.69 Å². The van der Waals surface area contributed by atoms with Crippen LogP contribution in [0.25, 0.3) is 5.82 Å². The van der Waals surface area contributed by atoms with E-state index >= 15 is 0 Å². The summed E-state index contributed by atoms with van der Waals surface area (Å²) in [5.74, 6) is -0.391. The van der Waals surface area contributed by atoms with Gasteiger partial charge < -0.3 is 10.2 Å². The molecule has 142 valence electrons. The van der Waals surface area contributed by atoms with Gasteiger partial charge in [-0.25, -0.2) is 19.6 Å². The summed E-state index contributed by atoms with van der Waals surface area (Å²) < 4.78 is 14.9. The second-order valence-electron chi connectivity index (χ2n) is 6.09. The first-order valence-corrected chi connectivity index (χ1v) is 8.18. The molecule has 1 aromatic carbocycles. The van der Waals surface area contributed by atoms with Crippen molar-refractivity contribution in [1.82, 2.24) is 24.7 Å². The molecule has 4 rings (SSSR count). The number of nitro groups is 1. The van der Waals surface area contributed by atoms with E-state index in [1.54, 1.807) is 6.07 Å². The molecule has 11 nitrogen and oxygen atoms in total. The van der Waals surface area contributed by atoms with E-state index in [0.717, 1.165) is 12.1 Å². The third-order valence-corrected chi connectivity index (χ3v) is 4.28. The molecule has 1 aliphatic rings. The molecule has 0 radical (unpaired) electrons. The second-order valence-corrected chi connectivity index (χ2v) is 6.09.